The van der Waals surface area contributed by atoms with Crippen molar-refractivity contribution in [2.75, 3.05) is 0 Å². The molecule has 2 nitrogen and oxygen atoms in total. The lowest BCUT2D eigenvalue weighted by molar-refractivity contribution is -0.138. The molecule has 0 aromatic heterocycles. The molecule has 0 atom stereocenters. The zero-order chi connectivity index (χ0) is 21.9. The van der Waals surface area contributed by atoms with Crippen molar-refractivity contribution in [1.29, 1.82) is 0 Å². The molecule has 0 unspecified atom stereocenters. The van der Waals surface area contributed by atoms with Crippen molar-refractivity contribution in [3.05, 3.63) is 70.3 Å². The van der Waals surface area contributed by atoms with Crippen LogP contribution in [0.15, 0.2) is 36.4 Å². The Morgan fingerprint density at radius 3 is 1.46 bits per heavy atom. The summed E-state index contributed by atoms with van der Waals surface area (Å²) in [6, 6.07) is 3.00. The van der Waals surface area contributed by atoms with Crippen molar-refractivity contribution in [2.24, 2.45) is 0 Å². The minimum absolute atomic E-state index is 0.232. The number of hydrogen-bond donors (Lipinski definition) is 0. The van der Waals surface area contributed by atoms with Gasteiger partial charge in [0.2, 0.25) is 0 Å². The smallest absolute Gasteiger partial charge is 0.275 e. The van der Waals surface area contributed by atoms with Gasteiger partial charge in [-0.1, -0.05) is 0 Å². The molecule has 0 heterocycles. The van der Waals surface area contributed by atoms with Gasteiger partial charge in [-0.05, 0) is 59.6 Å². The van der Waals surface area contributed by atoms with Crippen molar-refractivity contribution in [2.45, 2.75) is 12.4 Å². The fraction of sp³-hybridized carbons (Fsp3) is 0.125. The molecule has 2 aromatic carbocycles. The van der Waals surface area contributed by atoms with E-state index in [0.29, 0.717) is 30.3 Å². The minimum Gasteiger partial charge on any atom is -0.275 e. The zero-order valence-corrected chi connectivity index (χ0v) is 14.6. The Hall–Kier alpha value is -2.20. The van der Waals surface area contributed by atoms with E-state index in [-0.39, 0.29) is 6.07 Å². The molecule has 0 spiro atoms. The van der Waals surface area contributed by atoms with Crippen LogP contribution in [0.5, 0.6) is 0 Å². The molecule has 0 aliphatic carbocycles. The van der Waals surface area contributed by atoms with Crippen molar-refractivity contribution in [1.82, 2.24) is 0 Å². The lowest BCUT2D eigenvalue weighted by atomic mass is 10.1. The van der Waals surface area contributed by atoms with Crippen LogP contribution in [-0.4, -0.2) is 10.5 Å². The summed E-state index contributed by atoms with van der Waals surface area (Å²) in [5.74, 6) is -2.35. The molecule has 0 aliphatic heterocycles. The average molecular weight is 453 g/mol. The van der Waals surface area contributed by atoms with Crippen LogP contribution in [0, 0.1) is 11.6 Å². The molecule has 2 rings (SSSR count). The fourth-order valence-corrected chi connectivity index (χ4v) is 2.00. The maximum absolute atomic E-state index is 12.8. The van der Waals surface area contributed by atoms with E-state index < -0.39 is 56.7 Å². The van der Waals surface area contributed by atoms with Gasteiger partial charge in [-0.2, -0.15) is 26.3 Å². The molecule has 0 saturated heterocycles. The molecule has 2 aromatic rings. The van der Waals surface area contributed by atoms with Crippen molar-refractivity contribution >= 4 is 33.7 Å². The summed E-state index contributed by atoms with van der Waals surface area (Å²) in [4.78, 5) is 21.0. The second-order valence-electron chi connectivity index (χ2n) is 4.93. The monoisotopic (exact) mass is 452 g/mol. The van der Waals surface area contributed by atoms with E-state index in [2.05, 4.69) is 0 Å². The molecule has 0 radical (unpaired) electrons. The van der Waals surface area contributed by atoms with Crippen LogP contribution in [0.2, 0.25) is 0 Å². The average Bonchev–Trinajstić information content (AvgIpc) is 2.53. The van der Waals surface area contributed by atoms with Gasteiger partial charge in [-0.15, -0.1) is 0 Å². The van der Waals surface area contributed by atoms with Gasteiger partial charge < -0.3 is 0 Å². The largest absolute Gasteiger partial charge is 0.416 e. The van der Waals surface area contributed by atoms with Gasteiger partial charge >= 0.3 is 12.4 Å². The number of rotatable bonds is 2. The third-order valence-corrected chi connectivity index (χ3v) is 3.42. The first kappa shape index (κ1) is 23.8. The van der Waals surface area contributed by atoms with Crippen molar-refractivity contribution in [3.8, 4) is 0 Å². The second-order valence-corrected chi connectivity index (χ2v) is 5.62. The van der Waals surface area contributed by atoms with Crippen LogP contribution < -0.4 is 0 Å². The van der Waals surface area contributed by atoms with Crippen molar-refractivity contribution < 1.29 is 44.7 Å². The summed E-state index contributed by atoms with van der Waals surface area (Å²) in [6.07, 6.45) is -9.25. The van der Waals surface area contributed by atoms with Crippen LogP contribution in [0.3, 0.4) is 0 Å². The van der Waals surface area contributed by atoms with Crippen LogP contribution in [0.25, 0.3) is 0 Å². The van der Waals surface area contributed by atoms with E-state index in [1.165, 1.54) is 0 Å². The van der Waals surface area contributed by atoms with Crippen molar-refractivity contribution in [3.63, 3.8) is 0 Å². The first-order valence-electron chi connectivity index (χ1n) is 6.77. The molecular weight excluding hydrogens is 447 g/mol. The van der Waals surface area contributed by atoms with Crippen LogP contribution in [-0.2, 0) is 12.4 Å². The minimum atomic E-state index is -4.63. The van der Waals surface area contributed by atoms with Crippen LogP contribution >= 0.6 is 23.2 Å². The summed E-state index contributed by atoms with van der Waals surface area (Å²) in [5.41, 5.74) is -3.61. The van der Waals surface area contributed by atoms with Gasteiger partial charge in [0.15, 0.2) is 0 Å². The van der Waals surface area contributed by atoms with Gasteiger partial charge in [-0.25, -0.2) is 8.78 Å². The highest BCUT2D eigenvalue weighted by atomic mass is 35.5. The highest BCUT2D eigenvalue weighted by Gasteiger charge is 2.32. The van der Waals surface area contributed by atoms with E-state index >= 15 is 0 Å². The quantitative estimate of drug-likeness (QED) is 0.387. The Labute approximate surface area is 161 Å². The lowest BCUT2D eigenvalue weighted by Gasteiger charge is -2.07. The Morgan fingerprint density at radius 1 is 0.643 bits per heavy atom. The van der Waals surface area contributed by atoms with E-state index in [1.54, 1.807) is 0 Å². The Bertz CT molecular complexity index is 891. The molecule has 12 heteroatoms. The van der Waals surface area contributed by atoms with E-state index in [4.69, 9.17) is 23.2 Å². The van der Waals surface area contributed by atoms with Gasteiger partial charge in [0.25, 0.3) is 10.5 Å². The maximum atomic E-state index is 12.8. The Balaban J connectivity index is 0.000000280. The predicted molar refractivity (Wildman–Crippen MR) is 83.2 cm³/mol. The maximum Gasteiger partial charge on any atom is 0.416 e. The molecule has 0 saturated carbocycles. The number of carbonyl (C=O) groups is 2. The fourth-order valence-electron chi connectivity index (χ4n) is 1.70. The summed E-state index contributed by atoms with van der Waals surface area (Å²) in [6.45, 7) is 0. The number of alkyl halides is 6. The molecule has 152 valence electrons. The SMILES string of the molecule is O=C(Cl)c1cc(C(F)(F)F)ccc1F.O=C(Cl)c1ccc(C(F)(F)F)cc1F. The predicted octanol–water partition coefficient (Wildman–Crippen LogP) is 6.45. The van der Waals surface area contributed by atoms with E-state index in [1.807, 2.05) is 0 Å². The Kier molecular flexibility index (Phi) is 7.55. The van der Waals surface area contributed by atoms with Crippen LogP contribution in [0.4, 0.5) is 35.1 Å². The first-order chi connectivity index (χ1) is 12.6. The molecule has 0 N–H and O–H groups in total. The third kappa shape index (κ3) is 6.45. The summed E-state index contributed by atoms with van der Waals surface area (Å²) in [5, 5.41) is -2.38. The van der Waals surface area contributed by atoms with E-state index in [9.17, 15) is 44.7 Å². The highest BCUT2D eigenvalue weighted by Crippen LogP contribution is 2.31. The standard InChI is InChI=1S/2C8H3ClF4O/c9-7(14)5-3-4(8(11,12)13)1-2-6(5)10;9-7(14)5-2-1-4(3-6(5)10)8(11,12)13/h2*1-3H. The molecular formula is C16H6Cl2F8O2. The molecule has 0 bridgehead atoms. The zero-order valence-electron chi connectivity index (χ0n) is 13.1. The molecule has 0 aliphatic rings. The van der Waals surface area contributed by atoms with Crippen LogP contribution in [0.1, 0.15) is 31.8 Å². The topological polar surface area (TPSA) is 34.1 Å². The summed E-state index contributed by atoms with van der Waals surface area (Å²) in [7, 11) is 0. The number of benzene rings is 2. The Morgan fingerprint density at radius 2 is 1.07 bits per heavy atom. The number of hydrogen-bond acceptors (Lipinski definition) is 2. The highest BCUT2D eigenvalue weighted by molar-refractivity contribution is 6.68. The molecule has 0 amide bonds. The van der Waals surface area contributed by atoms with Gasteiger partial charge in [0.1, 0.15) is 11.6 Å². The second kappa shape index (κ2) is 8.87. The lowest BCUT2D eigenvalue weighted by Crippen LogP contribution is -2.07. The first-order valence-corrected chi connectivity index (χ1v) is 7.53. The molecule has 28 heavy (non-hydrogen) atoms. The summed E-state index contributed by atoms with van der Waals surface area (Å²) >= 11 is 9.80. The number of halogens is 10. The van der Waals surface area contributed by atoms with Gasteiger partial charge in [0.05, 0.1) is 22.3 Å². The van der Waals surface area contributed by atoms with Gasteiger partial charge in [0, 0.05) is 0 Å². The van der Waals surface area contributed by atoms with E-state index in [0.717, 1.165) is 0 Å². The van der Waals surface area contributed by atoms with Gasteiger partial charge in [-0.3, -0.25) is 9.59 Å². The normalized spacial score (nSPS) is 11.5. The third-order valence-electron chi connectivity index (χ3n) is 3.01. The summed E-state index contributed by atoms with van der Waals surface area (Å²) < 4.78 is 97.9. The number of carbonyl (C=O) groups excluding carboxylic acids is 2. The molecule has 0 fully saturated rings.